The van der Waals surface area contributed by atoms with Crippen LogP contribution in [0, 0.1) is 0 Å². The third kappa shape index (κ3) is 3.96. The van der Waals surface area contributed by atoms with Crippen molar-refractivity contribution in [1.82, 2.24) is 0 Å². The van der Waals surface area contributed by atoms with Crippen LogP contribution in [0.1, 0.15) is 31.9 Å². The van der Waals surface area contributed by atoms with Gasteiger partial charge in [-0.1, -0.05) is 50.2 Å². The van der Waals surface area contributed by atoms with Gasteiger partial charge in [0.15, 0.2) is 8.32 Å². The molecule has 3 nitrogen and oxygen atoms in total. The maximum atomic E-state index is 8.44. The molecule has 4 heteroatoms. The summed E-state index contributed by atoms with van der Waals surface area (Å²) in [7, 11) is -1.68. The molecule has 0 bridgehead atoms. The molecule has 1 rings (SSSR count). The summed E-state index contributed by atoms with van der Waals surface area (Å²) in [5.41, 5.74) is 2.03. The lowest BCUT2D eigenvalue weighted by atomic mass is 10.2. The van der Waals surface area contributed by atoms with E-state index in [-0.39, 0.29) is 5.04 Å². The Kier molecular flexibility index (Phi) is 4.70. The van der Waals surface area contributed by atoms with Crippen molar-refractivity contribution in [3.63, 3.8) is 0 Å². The number of rotatable bonds is 4. The van der Waals surface area contributed by atoms with Crippen molar-refractivity contribution in [2.45, 2.75) is 45.5 Å². The van der Waals surface area contributed by atoms with E-state index in [0.29, 0.717) is 6.61 Å². The fraction of sp³-hybridized carbons (Fsp3) is 0.500. The molecule has 1 N–H and O–H groups in total. The highest BCUT2D eigenvalue weighted by atomic mass is 28.4. The van der Waals surface area contributed by atoms with Crippen LogP contribution in [0.15, 0.2) is 29.4 Å². The lowest BCUT2D eigenvalue weighted by Crippen LogP contribution is -2.40. The Hall–Kier alpha value is -1.13. The summed E-state index contributed by atoms with van der Waals surface area (Å²) in [5.74, 6) is 0. The highest BCUT2D eigenvalue weighted by Gasteiger charge is 2.36. The number of nitrogens with zero attached hydrogens (tertiary/aromatic N) is 1. The van der Waals surface area contributed by atoms with Gasteiger partial charge in [-0.15, -0.1) is 0 Å². The van der Waals surface area contributed by atoms with Gasteiger partial charge in [0.2, 0.25) is 0 Å². The van der Waals surface area contributed by atoms with Gasteiger partial charge in [0.05, 0.1) is 12.8 Å². The molecule has 0 saturated carbocycles. The maximum Gasteiger partial charge on any atom is 0.192 e. The second-order valence-electron chi connectivity index (χ2n) is 6.04. The van der Waals surface area contributed by atoms with E-state index >= 15 is 0 Å². The zero-order valence-electron chi connectivity index (χ0n) is 11.9. The van der Waals surface area contributed by atoms with Crippen LogP contribution in [0.5, 0.6) is 0 Å². The van der Waals surface area contributed by atoms with Gasteiger partial charge in [0.25, 0.3) is 0 Å². The molecule has 0 heterocycles. The Morgan fingerprint density at radius 2 is 1.78 bits per heavy atom. The predicted octanol–water partition coefficient (Wildman–Crippen LogP) is 4.02. The normalized spacial score (nSPS) is 13.2. The molecule has 1 aromatic rings. The Labute approximate surface area is 111 Å². The lowest BCUT2D eigenvalue weighted by molar-refractivity contribution is 0.276. The molecule has 0 spiro atoms. The molecule has 0 aromatic heterocycles. The summed E-state index contributed by atoms with van der Waals surface area (Å²) in [6.07, 6.45) is 1.42. The van der Waals surface area contributed by atoms with Gasteiger partial charge in [-0.2, -0.15) is 0 Å². The Balaban J connectivity index is 2.64. The molecule has 0 amide bonds. The van der Waals surface area contributed by atoms with Crippen LogP contribution < -0.4 is 0 Å². The van der Waals surface area contributed by atoms with Crippen molar-refractivity contribution in [3.8, 4) is 0 Å². The third-order valence-electron chi connectivity index (χ3n) is 3.59. The van der Waals surface area contributed by atoms with Crippen molar-refractivity contribution >= 4 is 14.5 Å². The minimum atomic E-state index is -1.68. The Morgan fingerprint density at radius 3 is 2.22 bits per heavy atom. The SMILES string of the molecule is CC(C)(C)[Si](C)(C)OCc1ccc(/C=N\O)cc1. The number of oxime groups is 1. The van der Waals surface area contributed by atoms with E-state index in [1.807, 2.05) is 24.3 Å². The molecule has 0 aliphatic rings. The van der Waals surface area contributed by atoms with Crippen LogP contribution in [0.25, 0.3) is 0 Å². The van der Waals surface area contributed by atoms with Crippen molar-refractivity contribution < 1.29 is 9.63 Å². The quantitative estimate of drug-likeness (QED) is 0.387. The van der Waals surface area contributed by atoms with Crippen LogP contribution in [0.4, 0.5) is 0 Å². The average molecular weight is 265 g/mol. The largest absolute Gasteiger partial charge is 0.413 e. The van der Waals surface area contributed by atoms with Gasteiger partial charge in [-0.3, -0.25) is 0 Å². The molecule has 0 radical (unpaired) electrons. The van der Waals surface area contributed by atoms with E-state index in [9.17, 15) is 0 Å². The van der Waals surface area contributed by atoms with E-state index < -0.39 is 8.32 Å². The average Bonchev–Trinajstić information content (AvgIpc) is 2.27. The molecule has 18 heavy (non-hydrogen) atoms. The number of hydrogen-bond donors (Lipinski definition) is 1. The Morgan fingerprint density at radius 1 is 1.22 bits per heavy atom. The maximum absolute atomic E-state index is 8.44. The molecule has 0 aliphatic carbocycles. The van der Waals surface area contributed by atoms with Crippen molar-refractivity contribution in [1.29, 1.82) is 0 Å². The fourth-order valence-corrected chi connectivity index (χ4v) is 2.21. The molecule has 100 valence electrons. The number of benzene rings is 1. The first-order valence-corrected chi connectivity index (χ1v) is 9.07. The monoisotopic (exact) mass is 265 g/mol. The predicted molar refractivity (Wildman–Crippen MR) is 77.8 cm³/mol. The molecule has 0 fully saturated rings. The molecule has 0 atom stereocenters. The van der Waals surface area contributed by atoms with Crippen molar-refractivity contribution in [2.75, 3.05) is 0 Å². The summed E-state index contributed by atoms with van der Waals surface area (Å²) in [6.45, 7) is 11.9. The van der Waals surface area contributed by atoms with Crippen LogP contribution >= 0.6 is 0 Å². The van der Waals surface area contributed by atoms with Crippen LogP contribution in [0.2, 0.25) is 18.1 Å². The highest BCUT2D eigenvalue weighted by Crippen LogP contribution is 2.37. The smallest absolute Gasteiger partial charge is 0.192 e. The lowest BCUT2D eigenvalue weighted by Gasteiger charge is -2.36. The molecule has 0 aliphatic heterocycles. The van der Waals surface area contributed by atoms with Gasteiger partial charge < -0.3 is 9.63 Å². The molecule has 0 saturated heterocycles. The molecule has 1 aromatic carbocycles. The topological polar surface area (TPSA) is 41.8 Å². The molecular weight excluding hydrogens is 242 g/mol. The second kappa shape index (κ2) is 5.67. The standard InChI is InChI=1S/C14H23NO2Si/c1-14(2,3)18(4,5)17-11-13-8-6-12(7-9-13)10-15-16/h6-10,16H,11H2,1-5H3/b15-10-. The first kappa shape index (κ1) is 14.9. The van der Waals surface area contributed by atoms with E-state index in [2.05, 4.69) is 39.0 Å². The first-order chi connectivity index (χ1) is 8.26. The van der Waals surface area contributed by atoms with Gasteiger partial charge in [-0.05, 0) is 29.3 Å². The van der Waals surface area contributed by atoms with E-state index in [1.165, 1.54) is 6.21 Å². The van der Waals surface area contributed by atoms with E-state index in [0.717, 1.165) is 11.1 Å². The zero-order chi connectivity index (χ0) is 13.8. The fourth-order valence-electron chi connectivity index (χ4n) is 1.25. The van der Waals surface area contributed by atoms with Crippen molar-refractivity contribution in [3.05, 3.63) is 35.4 Å². The van der Waals surface area contributed by atoms with Gasteiger partial charge in [-0.25, -0.2) is 0 Å². The zero-order valence-corrected chi connectivity index (χ0v) is 12.9. The second-order valence-corrected chi connectivity index (χ2v) is 10.8. The van der Waals surface area contributed by atoms with Gasteiger partial charge in [0.1, 0.15) is 0 Å². The van der Waals surface area contributed by atoms with Crippen LogP contribution in [-0.4, -0.2) is 19.7 Å². The summed E-state index contributed by atoms with van der Waals surface area (Å²) in [6, 6.07) is 7.85. The summed E-state index contributed by atoms with van der Waals surface area (Å²) >= 11 is 0. The summed E-state index contributed by atoms with van der Waals surface area (Å²) < 4.78 is 6.14. The van der Waals surface area contributed by atoms with E-state index in [1.54, 1.807) is 0 Å². The van der Waals surface area contributed by atoms with Gasteiger partial charge in [0, 0.05) is 0 Å². The highest BCUT2D eigenvalue weighted by molar-refractivity contribution is 6.74. The molecule has 0 unspecified atom stereocenters. The first-order valence-electron chi connectivity index (χ1n) is 6.16. The molecular formula is C14H23NO2Si. The van der Waals surface area contributed by atoms with Crippen LogP contribution in [0.3, 0.4) is 0 Å². The van der Waals surface area contributed by atoms with Gasteiger partial charge >= 0.3 is 0 Å². The summed E-state index contributed by atoms with van der Waals surface area (Å²) in [5, 5.41) is 11.7. The third-order valence-corrected chi connectivity index (χ3v) is 8.07. The minimum Gasteiger partial charge on any atom is -0.413 e. The van der Waals surface area contributed by atoms with E-state index in [4.69, 9.17) is 9.63 Å². The van der Waals surface area contributed by atoms with Crippen LogP contribution in [-0.2, 0) is 11.0 Å². The summed E-state index contributed by atoms with van der Waals surface area (Å²) in [4.78, 5) is 0. The Bertz CT molecular complexity index is 405. The minimum absolute atomic E-state index is 0.233. The number of hydrogen-bond acceptors (Lipinski definition) is 3. The van der Waals surface area contributed by atoms with Crippen molar-refractivity contribution in [2.24, 2.45) is 5.16 Å².